The van der Waals surface area contributed by atoms with Gasteiger partial charge in [-0.3, -0.25) is 0 Å². The molecule has 1 aliphatic carbocycles. The first kappa shape index (κ1) is 16.7. The number of nitrogens with one attached hydrogen (secondary N) is 1. The van der Waals surface area contributed by atoms with Crippen molar-refractivity contribution in [2.24, 2.45) is 5.41 Å². The fourth-order valence-electron chi connectivity index (χ4n) is 2.40. The number of halogens is 1. The first-order chi connectivity index (χ1) is 10.0. The molecule has 0 heterocycles. The molecule has 0 amide bonds. The highest BCUT2D eigenvalue weighted by atomic mass is 79.9. The minimum atomic E-state index is -0.539. The van der Waals surface area contributed by atoms with Crippen molar-refractivity contribution in [3.63, 3.8) is 0 Å². The molecule has 1 atom stereocenters. The topological polar surface area (TPSA) is 61.7 Å². The summed E-state index contributed by atoms with van der Waals surface area (Å²) in [5.41, 5.74) is 1.44. The van der Waals surface area contributed by atoms with Gasteiger partial charge >= 0.3 is 0 Å². The highest BCUT2D eigenvalue weighted by Crippen LogP contribution is 2.47. The van der Waals surface area contributed by atoms with Gasteiger partial charge < -0.3 is 20.3 Å². The smallest absolute Gasteiger partial charge is 0.133 e. The average molecular weight is 358 g/mol. The number of rotatable bonds is 9. The summed E-state index contributed by atoms with van der Waals surface area (Å²) in [6, 6.07) is 5.88. The van der Waals surface area contributed by atoms with Crippen molar-refractivity contribution in [2.75, 3.05) is 26.3 Å². The number of hydrogen-bond acceptors (Lipinski definition) is 4. The van der Waals surface area contributed by atoms with Gasteiger partial charge in [-0.2, -0.15) is 0 Å². The van der Waals surface area contributed by atoms with Gasteiger partial charge in [-0.1, -0.05) is 6.07 Å². The summed E-state index contributed by atoms with van der Waals surface area (Å²) in [5.74, 6) is 0.749. The lowest BCUT2D eigenvalue weighted by Crippen LogP contribution is -2.35. The van der Waals surface area contributed by atoms with E-state index in [0.717, 1.165) is 28.8 Å². The van der Waals surface area contributed by atoms with E-state index < -0.39 is 6.10 Å². The Balaban J connectivity index is 1.66. The molecule has 2 rings (SSSR count). The van der Waals surface area contributed by atoms with Crippen LogP contribution in [0, 0.1) is 12.3 Å². The third-order valence-electron chi connectivity index (χ3n) is 4.00. The summed E-state index contributed by atoms with van der Waals surface area (Å²) >= 11 is 3.46. The SMILES string of the molecule is Cc1ccc(OCC(O)CNCC2(CCO)CC2)c(Br)c1. The second-order valence-corrected chi connectivity index (χ2v) is 6.86. The molecule has 0 radical (unpaired) electrons. The van der Waals surface area contributed by atoms with E-state index >= 15 is 0 Å². The molecule has 1 aliphatic rings. The van der Waals surface area contributed by atoms with Crippen molar-refractivity contribution in [1.29, 1.82) is 0 Å². The summed E-state index contributed by atoms with van der Waals surface area (Å²) < 4.78 is 6.53. The van der Waals surface area contributed by atoms with E-state index in [1.54, 1.807) is 0 Å². The lowest BCUT2D eigenvalue weighted by atomic mass is 10.0. The quantitative estimate of drug-likeness (QED) is 0.634. The largest absolute Gasteiger partial charge is 0.490 e. The lowest BCUT2D eigenvalue weighted by molar-refractivity contribution is 0.104. The van der Waals surface area contributed by atoms with Crippen LogP contribution in [0.15, 0.2) is 22.7 Å². The Morgan fingerprint density at radius 1 is 1.43 bits per heavy atom. The molecule has 21 heavy (non-hydrogen) atoms. The first-order valence-electron chi connectivity index (χ1n) is 7.43. The highest BCUT2D eigenvalue weighted by Gasteiger charge is 2.41. The van der Waals surface area contributed by atoms with E-state index in [4.69, 9.17) is 9.84 Å². The third kappa shape index (κ3) is 5.25. The zero-order chi connectivity index (χ0) is 15.3. The van der Waals surface area contributed by atoms with Crippen LogP contribution in [0.2, 0.25) is 0 Å². The summed E-state index contributed by atoms with van der Waals surface area (Å²) in [5, 5.41) is 22.2. The molecular weight excluding hydrogens is 334 g/mol. The van der Waals surface area contributed by atoms with Crippen LogP contribution in [0.5, 0.6) is 5.75 Å². The number of aliphatic hydroxyl groups is 2. The van der Waals surface area contributed by atoms with E-state index in [1.165, 1.54) is 12.8 Å². The number of aliphatic hydroxyl groups excluding tert-OH is 2. The number of hydrogen-bond donors (Lipinski definition) is 3. The maximum Gasteiger partial charge on any atom is 0.133 e. The zero-order valence-corrected chi connectivity index (χ0v) is 14.0. The van der Waals surface area contributed by atoms with E-state index in [2.05, 4.69) is 21.2 Å². The lowest BCUT2D eigenvalue weighted by Gasteiger charge is -2.18. The van der Waals surface area contributed by atoms with Crippen LogP contribution in [0.25, 0.3) is 0 Å². The predicted octanol–water partition coefficient (Wildman–Crippen LogP) is 2.25. The maximum atomic E-state index is 9.95. The van der Waals surface area contributed by atoms with E-state index in [9.17, 15) is 5.11 Å². The molecular formula is C16H24BrNO3. The minimum Gasteiger partial charge on any atom is -0.490 e. The van der Waals surface area contributed by atoms with Crippen LogP contribution >= 0.6 is 15.9 Å². The van der Waals surface area contributed by atoms with Gasteiger partial charge in [0.15, 0.2) is 0 Å². The van der Waals surface area contributed by atoms with Crippen molar-refractivity contribution in [1.82, 2.24) is 5.32 Å². The van der Waals surface area contributed by atoms with Gasteiger partial charge in [-0.25, -0.2) is 0 Å². The molecule has 1 saturated carbocycles. The maximum absolute atomic E-state index is 9.95. The Morgan fingerprint density at radius 3 is 2.81 bits per heavy atom. The summed E-state index contributed by atoms with van der Waals surface area (Å²) in [6.07, 6.45) is 2.65. The van der Waals surface area contributed by atoms with Crippen molar-refractivity contribution in [3.05, 3.63) is 28.2 Å². The Morgan fingerprint density at radius 2 is 2.19 bits per heavy atom. The predicted molar refractivity (Wildman–Crippen MR) is 86.6 cm³/mol. The van der Waals surface area contributed by atoms with E-state index in [1.807, 2.05) is 25.1 Å². The molecule has 118 valence electrons. The van der Waals surface area contributed by atoms with Gasteiger partial charge in [0, 0.05) is 19.7 Å². The summed E-state index contributed by atoms with van der Waals surface area (Å²) in [7, 11) is 0. The van der Waals surface area contributed by atoms with Crippen LogP contribution in [0.3, 0.4) is 0 Å². The van der Waals surface area contributed by atoms with Crippen LogP contribution in [-0.4, -0.2) is 42.6 Å². The summed E-state index contributed by atoms with van der Waals surface area (Å²) in [4.78, 5) is 0. The fourth-order valence-corrected chi connectivity index (χ4v) is 3.01. The average Bonchev–Trinajstić information content (AvgIpc) is 3.18. The number of ether oxygens (including phenoxy) is 1. The summed E-state index contributed by atoms with van der Waals surface area (Å²) in [6.45, 7) is 3.90. The van der Waals surface area contributed by atoms with Crippen molar-refractivity contribution in [3.8, 4) is 5.75 Å². The van der Waals surface area contributed by atoms with Gasteiger partial charge in [0.05, 0.1) is 4.47 Å². The monoisotopic (exact) mass is 357 g/mol. The van der Waals surface area contributed by atoms with E-state index in [0.29, 0.717) is 6.54 Å². The van der Waals surface area contributed by atoms with Crippen LogP contribution < -0.4 is 10.1 Å². The molecule has 0 bridgehead atoms. The van der Waals surface area contributed by atoms with E-state index in [-0.39, 0.29) is 18.6 Å². The third-order valence-corrected chi connectivity index (χ3v) is 4.62. The van der Waals surface area contributed by atoms with Gasteiger partial charge in [0.25, 0.3) is 0 Å². The number of benzene rings is 1. The fraction of sp³-hybridized carbons (Fsp3) is 0.625. The molecule has 0 spiro atoms. The zero-order valence-electron chi connectivity index (χ0n) is 12.4. The second kappa shape index (κ2) is 7.58. The van der Waals surface area contributed by atoms with Gasteiger partial charge in [0.1, 0.15) is 18.5 Å². The first-order valence-corrected chi connectivity index (χ1v) is 8.23. The Bertz CT molecular complexity index is 463. The molecule has 1 aromatic rings. The molecule has 5 heteroatoms. The minimum absolute atomic E-state index is 0.245. The van der Waals surface area contributed by atoms with Crippen LogP contribution in [-0.2, 0) is 0 Å². The molecule has 3 N–H and O–H groups in total. The van der Waals surface area contributed by atoms with Gasteiger partial charge in [-0.05, 0) is 65.2 Å². The molecule has 4 nitrogen and oxygen atoms in total. The van der Waals surface area contributed by atoms with Gasteiger partial charge in [0.2, 0.25) is 0 Å². The van der Waals surface area contributed by atoms with Crippen molar-refractivity contribution >= 4 is 15.9 Å². The normalized spacial score (nSPS) is 17.5. The van der Waals surface area contributed by atoms with Crippen molar-refractivity contribution < 1.29 is 14.9 Å². The van der Waals surface area contributed by atoms with Crippen molar-refractivity contribution in [2.45, 2.75) is 32.3 Å². The van der Waals surface area contributed by atoms with Crippen LogP contribution in [0.4, 0.5) is 0 Å². The molecule has 0 saturated heterocycles. The molecule has 0 aliphatic heterocycles. The highest BCUT2D eigenvalue weighted by molar-refractivity contribution is 9.10. The number of aryl methyl sites for hydroxylation is 1. The molecule has 1 unspecified atom stereocenters. The standard InChI is InChI=1S/C16H24BrNO3/c1-12-2-3-15(14(17)8-12)21-10-13(20)9-18-11-16(4-5-16)6-7-19/h2-3,8,13,18-20H,4-7,9-11H2,1H3. The molecule has 1 fully saturated rings. The Hall–Kier alpha value is -0.620. The molecule has 0 aromatic heterocycles. The van der Waals surface area contributed by atoms with Gasteiger partial charge in [-0.15, -0.1) is 0 Å². The second-order valence-electron chi connectivity index (χ2n) is 6.00. The molecule has 1 aromatic carbocycles. The van der Waals surface area contributed by atoms with Crippen LogP contribution in [0.1, 0.15) is 24.8 Å². The Labute approximate surface area is 134 Å². The Kier molecular flexibility index (Phi) is 6.05.